The van der Waals surface area contributed by atoms with Crippen LogP contribution in [0.1, 0.15) is 26.7 Å². The number of carbonyl (C=O) groups excluding carboxylic acids is 1. The van der Waals surface area contributed by atoms with Gasteiger partial charge in [-0.2, -0.15) is 0 Å². The normalized spacial score (nSPS) is 55.4. The van der Waals surface area contributed by atoms with E-state index in [0.29, 0.717) is 11.7 Å². The minimum Gasteiger partial charge on any atom is -0.379 e. The Hall–Kier alpha value is -0.450. The molecule has 0 spiro atoms. The van der Waals surface area contributed by atoms with E-state index in [2.05, 4.69) is 18.7 Å². The van der Waals surface area contributed by atoms with Gasteiger partial charge >= 0.3 is 0 Å². The maximum Gasteiger partial charge on any atom is 0.186 e. The van der Waals surface area contributed by atoms with Crippen LogP contribution in [0.25, 0.3) is 0 Å². The third-order valence-corrected chi connectivity index (χ3v) is 6.33. The molecule has 18 heavy (non-hydrogen) atoms. The van der Waals surface area contributed by atoms with E-state index < -0.39 is 5.72 Å². The summed E-state index contributed by atoms with van der Waals surface area (Å²) in [6.45, 7) is 8.27. The molecule has 4 nitrogen and oxygen atoms in total. The maximum absolute atomic E-state index is 13.0. The summed E-state index contributed by atoms with van der Waals surface area (Å²) in [6, 6.07) is 0. The number of ether oxygens (including phenoxy) is 2. The number of rotatable bonds is 1. The van der Waals surface area contributed by atoms with E-state index in [9.17, 15) is 4.79 Å². The molecule has 4 aliphatic rings. The predicted octanol–water partition coefficient (Wildman–Crippen LogP) is 1.05. The number of Topliss-reactive ketones (excluding diaryl/α,β-unsaturated/α-hetero) is 1. The summed E-state index contributed by atoms with van der Waals surface area (Å²) in [6.07, 6.45) is 2.18. The van der Waals surface area contributed by atoms with Crippen LogP contribution in [0.15, 0.2) is 0 Å². The van der Waals surface area contributed by atoms with E-state index in [1.165, 1.54) is 0 Å². The van der Waals surface area contributed by atoms with Gasteiger partial charge in [0, 0.05) is 29.8 Å². The van der Waals surface area contributed by atoms with Gasteiger partial charge in [-0.3, -0.25) is 9.69 Å². The van der Waals surface area contributed by atoms with Crippen LogP contribution in [0.3, 0.4) is 0 Å². The van der Waals surface area contributed by atoms with Crippen LogP contribution in [0, 0.1) is 16.7 Å². The lowest BCUT2D eigenvalue weighted by Crippen LogP contribution is -2.63. The third-order valence-electron chi connectivity index (χ3n) is 6.33. The molecule has 0 unspecified atom stereocenters. The molecule has 0 aromatic heterocycles. The fraction of sp³-hybridized carbons (Fsp3) is 0.929. The van der Waals surface area contributed by atoms with Crippen molar-refractivity contribution in [3.05, 3.63) is 0 Å². The Labute approximate surface area is 108 Å². The molecule has 2 saturated carbocycles. The molecule has 2 aliphatic heterocycles. The smallest absolute Gasteiger partial charge is 0.186 e. The average Bonchev–Trinajstić information content (AvgIpc) is 2.88. The molecule has 0 N–H and O–H groups in total. The number of carbonyl (C=O) groups is 1. The second-order valence-electron chi connectivity index (χ2n) is 6.75. The average molecular weight is 251 g/mol. The topological polar surface area (TPSA) is 38.8 Å². The van der Waals surface area contributed by atoms with Crippen molar-refractivity contribution in [3.8, 4) is 0 Å². The monoisotopic (exact) mass is 251 g/mol. The molecule has 100 valence electrons. The van der Waals surface area contributed by atoms with Crippen molar-refractivity contribution in [3.63, 3.8) is 0 Å². The minimum atomic E-state index is -0.606. The first kappa shape index (κ1) is 11.4. The molecule has 4 fully saturated rings. The molecule has 2 saturated heterocycles. The first-order chi connectivity index (χ1) is 8.56. The fourth-order valence-corrected chi connectivity index (χ4v) is 5.01. The first-order valence-electron chi connectivity index (χ1n) is 7.07. The predicted molar refractivity (Wildman–Crippen MR) is 65.0 cm³/mol. The van der Waals surface area contributed by atoms with Crippen molar-refractivity contribution in [1.29, 1.82) is 0 Å². The van der Waals surface area contributed by atoms with Crippen molar-refractivity contribution in [2.75, 3.05) is 32.9 Å². The number of ketones is 1. The number of hydrogen-bond donors (Lipinski definition) is 0. The zero-order chi connectivity index (χ0) is 12.6. The first-order valence-corrected chi connectivity index (χ1v) is 7.07. The molecule has 2 heterocycles. The van der Waals surface area contributed by atoms with Crippen LogP contribution >= 0.6 is 0 Å². The van der Waals surface area contributed by atoms with Gasteiger partial charge in [-0.05, 0) is 12.8 Å². The highest BCUT2D eigenvalue weighted by Crippen LogP contribution is 2.72. The van der Waals surface area contributed by atoms with Crippen LogP contribution in [0.5, 0.6) is 0 Å². The quantitative estimate of drug-likeness (QED) is 0.698. The highest BCUT2D eigenvalue weighted by Gasteiger charge is 2.81. The zero-order valence-electron chi connectivity index (χ0n) is 11.2. The van der Waals surface area contributed by atoms with E-state index in [0.717, 1.165) is 45.8 Å². The van der Waals surface area contributed by atoms with Crippen molar-refractivity contribution >= 4 is 5.78 Å². The summed E-state index contributed by atoms with van der Waals surface area (Å²) < 4.78 is 11.5. The Bertz CT molecular complexity index is 419. The van der Waals surface area contributed by atoms with Crippen LogP contribution in [-0.4, -0.2) is 49.3 Å². The van der Waals surface area contributed by atoms with E-state index in [1.807, 2.05) is 0 Å². The molecule has 4 heteroatoms. The van der Waals surface area contributed by atoms with E-state index in [-0.39, 0.29) is 10.8 Å². The lowest BCUT2D eigenvalue weighted by atomic mass is 9.69. The van der Waals surface area contributed by atoms with Gasteiger partial charge in [0.25, 0.3) is 0 Å². The third kappa shape index (κ3) is 0.928. The standard InChI is InChI=1S/C14H21NO3/c1-12-4-3-10-13(12,2)9-18-14(10,11(12)16)15-5-7-17-8-6-15/h10H,3-9H2,1-2H3/t10-,12+,13+,14+/m1/s1. The SMILES string of the molecule is C[C@@]12CC[C@H]3[C@](N4CCOCC4)(OC[C@@]31C)C2=O. The maximum atomic E-state index is 13.0. The molecule has 4 bridgehead atoms. The Balaban J connectivity index is 1.80. The van der Waals surface area contributed by atoms with Gasteiger partial charge in [0.05, 0.1) is 19.8 Å². The summed E-state index contributed by atoms with van der Waals surface area (Å²) in [7, 11) is 0. The highest BCUT2D eigenvalue weighted by molar-refractivity contribution is 5.98. The Morgan fingerprint density at radius 1 is 1.28 bits per heavy atom. The van der Waals surface area contributed by atoms with Crippen molar-refractivity contribution in [2.45, 2.75) is 32.4 Å². The van der Waals surface area contributed by atoms with Crippen molar-refractivity contribution < 1.29 is 14.3 Å². The molecule has 0 radical (unpaired) electrons. The van der Waals surface area contributed by atoms with E-state index in [4.69, 9.17) is 9.47 Å². The van der Waals surface area contributed by atoms with E-state index >= 15 is 0 Å². The number of hydrogen-bond acceptors (Lipinski definition) is 4. The Morgan fingerprint density at radius 3 is 2.61 bits per heavy atom. The Morgan fingerprint density at radius 2 is 2.00 bits per heavy atom. The van der Waals surface area contributed by atoms with Gasteiger partial charge in [0.15, 0.2) is 11.5 Å². The molecule has 4 rings (SSSR count). The van der Waals surface area contributed by atoms with E-state index in [1.54, 1.807) is 0 Å². The fourth-order valence-electron chi connectivity index (χ4n) is 5.01. The molecule has 4 atom stereocenters. The van der Waals surface area contributed by atoms with Gasteiger partial charge in [-0.25, -0.2) is 0 Å². The van der Waals surface area contributed by atoms with Gasteiger partial charge < -0.3 is 9.47 Å². The largest absolute Gasteiger partial charge is 0.379 e. The van der Waals surface area contributed by atoms with Gasteiger partial charge in [0.1, 0.15) is 0 Å². The molecule has 0 amide bonds. The summed E-state index contributed by atoms with van der Waals surface area (Å²) in [4.78, 5) is 15.2. The minimum absolute atomic E-state index is 0.0579. The summed E-state index contributed by atoms with van der Waals surface area (Å²) in [5.74, 6) is 0.738. The molecular weight excluding hydrogens is 230 g/mol. The Kier molecular flexibility index (Phi) is 2.00. The van der Waals surface area contributed by atoms with Crippen LogP contribution in [0.2, 0.25) is 0 Å². The summed E-state index contributed by atoms with van der Waals surface area (Å²) >= 11 is 0. The van der Waals surface area contributed by atoms with Gasteiger partial charge in [-0.15, -0.1) is 0 Å². The summed E-state index contributed by atoms with van der Waals surface area (Å²) in [5, 5.41) is 0. The second-order valence-corrected chi connectivity index (χ2v) is 6.75. The zero-order valence-corrected chi connectivity index (χ0v) is 11.2. The van der Waals surface area contributed by atoms with Gasteiger partial charge in [-0.1, -0.05) is 13.8 Å². The van der Waals surface area contributed by atoms with Crippen LogP contribution in [-0.2, 0) is 14.3 Å². The molecule has 2 aliphatic carbocycles. The lowest BCUT2D eigenvalue weighted by Gasteiger charge is -2.47. The molecule has 0 aromatic carbocycles. The van der Waals surface area contributed by atoms with Crippen molar-refractivity contribution in [1.82, 2.24) is 4.90 Å². The summed E-state index contributed by atoms with van der Waals surface area (Å²) in [5.41, 5.74) is -0.706. The lowest BCUT2D eigenvalue weighted by molar-refractivity contribution is -0.200. The number of morpholine rings is 1. The highest BCUT2D eigenvalue weighted by atomic mass is 16.5. The van der Waals surface area contributed by atoms with Crippen molar-refractivity contribution in [2.24, 2.45) is 16.7 Å². The second kappa shape index (κ2) is 3.17. The van der Waals surface area contributed by atoms with Crippen LogP contribution < -0.4 is 0 Å². The van der Waals surface area contributed by atoms with Crippen LogP contribution in [0.4, 0.5) is 0 Å². The van der Waals surface area contributed by atoms with Gasteiger partial charge in [0.2, 0.25) is 0 Å². The molecule has 0 aromatic rings. The number of nitrogens with zero attached hydrogens (tertiary/aromatic N) is 1. The molecular formula is C14H21NO3.